The molecule has 106 valence electrons. The predicted octanol–water partition coefficient (Wildman–Crippen LogP) is 2.85. The van der Waals surface area contributed by atoms with Gasteiger partial charge in [0.05, 0.1) is 6.04 Å². The summed E-state index contributed by atoms with van der Waals surface area (Å²) < 4.78 is 0. The third-order valence-electron chi connectivity index (χ3n) is 3.63. The molecular formula is C15H30N2O. The van der Waals surface area contributed by atoms with Crippen LogP contribution in [0.4, 0.5) is 0 Å². The summed E-state index contributed by atoms with van der Waals surface area (Å²) in [7, 11) is 0. The SMILES string of the molecule is CC(C)CCCCCCNC(=O)C1CCCCN1. The van der Waals surface area contributed by atoms with Crippen molar-refractivity contribution >= 4 is 5.91 Å². The van der Waals surface area contributed by atoms with Crippen LogP contribution < -0.4 is 10.6 Å². The summed E-state index contributed by atoms with van der Waals surface area (Å²) in [5.41, 5.74) is 0. The van der Waals surface area contributed by atoms with E-state index < -0.39 is 0 Å². The van der Waals surface area contributed by atoms with E-state index in [1.54, 1.807) is 0 Å². The molecule has 1 fully saturated rings. The molecule has 1 atom stereocenters. The van der Waals surface area contributed by atoms with E-state index in [2.05, 4.69) is 24.5 Å². The standard InChI is InChI=1S/C15H30N2O/c1-13(2)9-5-3-4-7-12-17-15(18)14-10-6-8-11-16-14/h13-14,16H,3-12H2,1-2H3,(H,17,18). The van der Waals surface area contributed by atoms with Gasteiger partial charge in [0.2, 0.25) is 5.91 Å². The number of carbonyl (C=O) groups is 1. The van der Waals surface area contributed by atoms with Gasteiger partial charge in [-0.05, 0) is 31.7 Å². The smallest absolute Gasteiger partial charge is 0.237 e. The first-order chi connectivity index (χ1) is 8.70. The van der Waals surface area contributed by atoms with E-state index >= 15 is 0 Å². The highest BCUT2D eigenvalue weighted by molar-refractivity contribution is 5.81. The van der Waals surface area contributed by atoms with Gasteiger partial charge in [-0.15, -0.1) is 0 Å². The second-order valence-electron chi connectivity index (χ2n) is 5.89. The molecular weight excluding hydrogens is 224 g/mol. The Hall–Kier alpha value is -0.570. The third-order valence-corrected chi connectivity index (χ3v) is 3.63. The average molecular weight is 254 g/mol. The minimum Gasteiger partial charge on any atom is -0.355 e. The number of piperidine rings is 1. The fourth-order valence-corrected chi connectivity index (χ4v) is 2.44. The van der Waals surface area contributed by atoms with Crippen LogP contribution in [0.25, 0.3) is 0 Å². The van der Waals surface area contributed by atoms with Crippen molar-refractivity contribution < 1.29 is 4.79 Å². The maximum absolute atomic E-state index is 11.8. The van der Waals surface area contributed by atoms with Crippen LogP contribution in [-0.2, 0) is 4.79 Å². The van der Waals surface area contributed by atoms with Gasteiger partial charge in [0, 0.05) is 6.54 Å². The zero-order valence-corrected chi connectivity index (χ0v) is 12.1. The molecule has 3 nitrogen and oxygen atoms in total. The van der Waals surface area contributed by atoms with E-state index in [4.69, 9.17) is 0 Å². The molecule has 1 unspecified atom stereocenters. The number of hydrogen-bond donors (Lipinski definition) is 2. The summed E-state index contributed by atoms with van der Waals surface area (Å²) in [5, 5.41) is 6.33. The van der Waals surface area contributed by atoms with Crippen molar-refractivity contribution in [3.63, 3.8) is 0 Å². The molecule has 0 saturated carbocycles. The van der Waals surface area contributed by atoms with Gasteiger partial charge in [-0.3, -0.25) is 4.79 Å². The van der Waals surface area contributed by atoms with Crippen molar-refractivity contribution in [3.05, 3.63) is 0 Å². The molecule has 0 aromatic heterocycles. The van der Waals surface area contributed by atoms with E-state index in [1.165, 1.54) is 38.5 Å². The molecule has 0 radical (unpaired) electrons. The molecule has 1 aliphatic heterocycles. The maximum Gasteiger partial charge on any atom is 0.237 e. The Morgan fingerprint density at radius 2 is 2.00 bits per heavy atom. The Morgan fingerprint density at radius 1 is 1.22 bits per heavy atom. The first-order valence-electron chi connectivity index (χ1n) is 7.71. The minimum absolute atomic E-state index is 0.0692. The second-order valence-corrected chi connectivity index (χ2v) is 5.89. The summed E-state index contributed by atoms with van der Waals surface area (Å²) in [6.07, 6.45) is 9.71. The van der Waals surface area contributed by atoms with Crippen molar-refractivity contribution in [2.75, 3.05) is 13.1 Å². The van der Waals surface area contributed by atoms with Crippen LogP contribution in [0.3, 0.4) is 0 Å². The number of nitrogens with one attached hydrogen (secondary N) is 2. The van der Waals surface area contributed by atoms with Crippen LogP contribution in [0.1, 0.15) is 65.2 Å². The number of amides is 1. The monoisotopic (exact) mass is 254 g/mol. The molecule has 3 heteroatoms. The van der Waals surface area contributed by atoms with Gasteiger partial charge in [-0.1, -0.05) is 46.0 Å². The van der Waals surface area contributed by atoms with Gasteiger partial charge < -0.3 is 10.6 Å². The zero-order chi connectivity index (χ0) is 13.2. The predicted molar refractivity (Wildman–Crippen MR) is 76.6 cm³/mol. The zero-order valence-electron chi connectivity index (χ0n) is 12.1. The molecule has 0 bridgehead atoms. The summed E-state index contributed by atoms with van der Waals surface area (Å²) in [4.78, 5) is 11.8. The van der Waals surface area contributed by atoms with Crippen molar-refractivity contribution in [3.8, 4) is 0 Å². The summed E-state index contributed by atoms with van der Waals surface area (Å²) in [5.74, 6) is 1.03. The second kappa shape index (κ2) is 9.37. The highest BCUT2D eigenvalue weighted by Gasteiger charge is 2.19. The molecule has 1 amide bonds. The fourth-order valence-electron chi connectivity index (χ4n) is 2.44. The number of carbonyl (C=O) groups excluding carboxylic acids is 1. The fraction of sp³-hybridized carbons (Fsp3) is 0.933. The van der Waals surface area contributed by atoms with Gasteiger partial charge in [0.25, 0.3) is 0 Å². The molecule has 1 saturated heterocycles. The van der Waals surface area contributed by atoms with Gasteiger partial charge in [0.15, 0.2) is 0 Å². The number of rotatable bonds is 8. The van der Waals surface area contributed by atoms with Crippen LogP contribution in [0.5, 0.6) is 0 Å². The lowest BCUT2D eigenvalue weighted by Gasteiger charge is -2.22. The Balaban J connectivity index is 1.92. The largest absolute Gasteiger partial charge is 0.355 e. The lowest BCUT2D eigenvalue weighted by Crippen LogP contribution is -2.46. The maximum atomic E-state index is 11.8. The Morgan fingerprint density at radius 3 is 2.67 bits per heavy atom. The Kier molecular flexibility index (Phi) is 8.06. The molecule has 0 spiro atoms. The lowest BCUT2D eigenvalue weighted by molar-refractivity contribution is -0.123. The quantitative estimate of drug-likeness (QED) is 0.654. The minimum atomic E-state index is 0.0692. The Bertz CT molecular complexity index is 223. The molecule has 1 heterocycles. The van der Waals surface area contributed by atoms with Gasteiger partial charge >= 0.3 is 0 Å². The van der Waals surface area contributed by atoms with Gasteiger partial charge in [-0.25, -0.2) is 0 Å². The molecule has 1 rings (SSSR count). The number of hydrogen-bond acceptors (Lipinski definition) is 2. The third kappa shape index (κ3) is 7.00. The van der Waals surface area contributed by atoms with E-state index in [0.29, 0.717) is 0 Å². The molecule has 2 N–H and O–H groups in total. The first kappa shape index (κ1) is 15.5. The van der Waals surface area contributed by atoms with Crippen molar-refractivity contribution in [2.45, 2.75) is 71.3 Å². The molecule has 0 aromatic carbocycles. The van der Waals surface area contributed by atoms with Crippen LogP contribution >= 0.6 is 0 Å². The highest BCUT2D eigenvalue weighted by Crippen LogP contribution is 2.09. The van der Waals surface area contributed by atoms with Crippen LogP contribution in [0.2, 0.25) is 0 Å². The van der Waals surface area contributed by atoms with Crippen LogP contribution in [0, 0.1) is 5.92 Å². The summed E-state index contributed by atoms with van der Waals surface area (Å²) >= 11 is 0. The number of unbranched alkanes of at least 4 members (excludes halogenated alkanes) is 3. The van der Waals surface area contributed by atoms with Crippen molar-refractivity contribution in [1.82, 2.24) is 10.6 Å². The topological polar surface area (TPSA) is 41.1 Å². The normalized spacial score (nSPS) is 20.1. The summed E-state index contributed by atoms with van der Waals surface area (Å²) in [6.45, 7) is 6.39. The Labute approximate surface area is 112 Å². The first-order valence-corrected chi connectivity index (χ1v) is 7.71. The van der Waals surface area contributed by atoms with Crippen LogP contribution in [-0.4, -0.2) is 25.0 Å². The summed E-state index contributed by atoms with van der Waals surface area (Å²) in [6, 6.07) is 0.0692. The van der Waals surface area contributed by atoms with E-state index in [-0.39, 0.29) is 11.9 Å². The van der Waals surface area contributed by atoms with Gasteiger partial charge in [0.1, 0.15) is 0 Å². The van der Waals surface area contributed by atoms with Gasteiger partial charge in [-0.2, -0.15) is 0 Å². The highest BCUT2D eigenvalue weighted by atomic mass is 16.2. The van der Waals surface area contributed by atoms with Crippen molar-refractivity contribution in [1.29, 1.82) is 0 Å². The lowest BCUT2D eigenvalue weighted by atomic mass is 10.0. The van der Waals surface area contributed by atoms with Crippen LogP contribution in [0.15, 0.2) is 0 Å². The van der Waals surface area contributed by atoms with E-state index in [0.717, 1.165) is 31.8 Å². The average Bonchev–Trinajstić information content (AvgIpc) is 2.38. The molecule has 0 aromatic rings. The molecule has 0 aliphatic carbocycles. The molecule has 18 heavy (non-hydrogen) atoms. The van der Waals surface area contributed by atoms with E-state index in [1.807, 2.05) is 0 Å². The molecule has 1 aliphatic rings. The van der Waals surface area contributed by atoms with E-state index in [9.17, 15) is 4.79 Å². The van der Waals surface area contributed by atoms with Crippen molar-refractivity contribution in [2.24, 2.45) is 5.92 Å².